The van der Waals surface area contributed by atoms with E-state index in [1.807, 2.05) is 26.0 Å². The van der Waals surface area contributed by atoms with Gasteiger partial charge >= 0.3 is 10.1 Å². The first kappa shape index (κ1) is 25.7. The number of hydrogen-bond acceptors (Lipinski definition) is 5. The molecule has 3 aromatic carbocycles. The van der Waals surface area contributed by atoms with Gasteiger partial charge in [-0.1, -0.05) is 25.1 Å². The van der Waals surface area contributed by atoms with E-state index in [0.29, 0.717) is 15.6 Å². The summed E-state index contributed by atoms with van der Waals surface area (Å²) in [6.07, 6.45) is 0.731. The highest BCUT2D eigenvalue weighted by atomic mass is 79.9. The summed E-state index contributed by atoms with van der Waals surface area (Å²) in [7, 11) is -2.83. The Bertz CT molecular complexity index is 1260. The Hall–Kier alpha value is -2.91. The van der Waals surface area contributed by atoms with Crippen molar-refractivity contribution in [2.45, 2.75) is 37.8 Å². The molecule has 0 saturated carbocycles. The Morgan fingerprint density at radius 3 is 2.35 bits per heavy atom. The summed E-state index contributed by atoms with van der Waals surface area (Å²) in [5.41, 5.74) is 1.19. The van der Waals surface area contributed by atoms with E-state index >= 15 is 0 Å². The number of benzene rings is 3. The molecule has 9 heteroatoms. The monoisotopic (exact) mass is 549 g/mol. The fourth-order valence-corrected chi connectivity index (χ4v) is 4.67. The highest BCUT2D eigenvalue weighted by Gasteiger charge is 2.24. The van der Waals surface area contributed by atoms with Crippen LogP contribution in [0.4, 0.5) is 4.39 Å². The smallest absolute Gasteiger partial charge is 0.339 e. The third-order valence-electron chi connectivity index (χ3n) is 5.37. The van der Waals surface area contributed by atoms with Crippen LogP contribution in [0.5, 0.6) is 11.5 Å². The van der Waals surface area contributed by atoms with Crippen molar-refractivity contribution in [3.05, 3.63) is 88.1 Å². The first-order chi connectivity index (χ1) is 16.2. The zero-order valence-corrected chi connectivity index (χ0v) is 21.4. The zero-order chi connectivity index (χ0) is 24.9. The Morgan fingerprint density at radius 2 is 1.74 bits per heavy atom. The summed E-state index contributed by atoms with van der Waals surface area (Å²) in [5, 5.41) is 0. The molecule has 0 spiro atoms. The molecular formula is C25H25BrFNO5S. The number of hydrogen-bond donors (Lipinski definition) is 0. The molecule has 3 rings (SSSR count). The topological polar surface area (TPSA) is 72.9 Å². The predicted molar refractivity (Wildman–Crippen MR) is 131 cm³/mol. The van der Waals surface area contributed by atoms with E-state index < -0.39 is 15.9 Å². The maximum Gasteiger partial charge on any atom is 0.339 e. The molecule has 180 valence electrons. The molecule has 0 radical (unpaired) electrons. The van der Waals surface area contributed by atoms with E-state index in [1.165, 1.54) is 13.2 Å². The van der Waals surface area contributed by atoms with Gasteiger partial charge in [-0.2, -0.15) is 8.42 Å². The van der Waals surface area contributed by atoms with Crippen LogP contribution in [0.25, 0.3) is 0 Å². The van der Waals surface area contributed by atoms with E-state index in [4.69, 9.17) is 8.92 Å². The molecule has 6 nitrogen and oxygen atoms in total. The summed E-state index contributed by atoms with van der Waals surface area (Å²) in [6, 6.07) is 16.3. The first-order valence-electron chi connectivity index (χ1n) is 10.6. The molecule has 1 unspecified atom stereocenters. The molecular weight excluding hydrogens is 525 g/mol. The van der Waals surface area contributed by atoms with Crippen LogP contribution < -0.4 is 8.92 Å². The largest absolute Gasteiger partial charge is 0.493 e. The van der Waals surface area contributed by atoms with Gasteiger partial charge in [0.1, 0.15) is 10.7 Å². The number of ether oxygens (including phenoxy) is 1. The van der Waals surface area contributed by atoms with Crippen molar-refractivity contribution in [2.75, 3.05) is 7.11 Å². The number of halogens is 2. The number of carbonyl (C=O) groups is 1. The van der Waals surface area contributed by atoms with Crippen LogP contribution >= 0.6 is 15.9 Å². The predicted octanol–water partition coefficient (Wildman–Crippen LogP) is 5.81. The fourth-order valence-electron chi connectivity index (χ4n) is 3.29. The summed E-state index contributed by atoms with van der Waals surface area (Å²) in [5.74, 6) is -0.527. The normalized spacial score (nSPS) is 12.1. The number of methoxy groups -OCH3 is 1. The van der Waals surface area contributed by atoms with E-state index in [-0.39, 0.29) is 34.9 Å². The molecule has 3 aromatic rings. The number of carbonyl (C=O) groups excluding carboxylic acids is 1. The van der Waals surface area contributed by atoms with Crippen LogP contribution in [0.1, 0.15) is 36.2 Å². The van der Waals surface area contributed by atoms with Crippen molar-refractivity contribution in [1.29, 1.82) is 0 Å². The lowest BCUT2D eigenvalue weighted by Gasteiger charge is -2.29. The second-order valence-corrected chi connectivity index (χ2v) is 10.0. The van der Waals surface area contributed by atoms with Crippen LogP contribution in [-0.2, 0) is 16.7 Å². The van der Waals surface area contributed by atoms with Gasteiger partial charge in [-0.05, 0) is 83.4 Å². The molecule has 0 aliphatic heterocycles. The minimum Gasteiger partial charge on any atom is -0.493 e. The Labute approximate surface area is 207 Å². The average molecular weight is 550 g/mol. The highest BCUT2D eigenvalue weighted by molar-refractivity contribution is 9.10. The molecule has 0 aliphatic rings. The summed E-state index contributed by atoms with van der Waals surface area (Å²) in [4.78, 5) is 14.9. The maximum atomic E-state index is 13.3. The van der Waals surface area contributed by atoms with Gasteiger partial charge in [0.2, 0.25) is 0 Å². The quantitative estimate of drug-likeness (QED) is 0.315. The Morgan fingerprint density at radius 1 is 1.06 bits per heavy atom. The Kier molecular flexibility index (Phi) is 8.33. The first-order valence-corrected chi connectivity index (χ1v) is 12.8. The summed E-state index contributed by atoms with van der Waals surface area (Å²) >= 11 is 3.44. The lowest BCUT2D eigenvalue weighted by molar-refractivity contribution is 0.0670. The van der Waals surface area contributed by atoms with Gasteiger partial charge in [-0.15, -0.1) is 0 Å². The third kappa shape index (κ3) is 5.95. The van der Waals surface area contributed by atoms with Crippen molar-refractivity contribution in [3.63, 3.8) is 0 Å². The molecule has 1 atom stereocenters. The van der Waals surface area contributed by atoms with Gasteiger partial charge in [0.15, 0.2) is 11.5 Å². The number of nitrogens with zero attached hydrogens (tertiary/aromatic N) is 1. The minimum absolute atomic E-state index is 0.0261. The van der Waals surface area contributed by atoms with Crippen LogP contribution in [0.15, 0.2) is 76.1 Å². The van der Waals surface area contributed by atoms with Crippen molar-refractivity contribution >= 4 is 32.0 Å². The highest BCUT2D eigenvalue weighted by Crippen LogP contribution is 2.32. The maximum absolute atomic E-state index is 13.3. The van der Waals surface area contributed by atoms with Gasteiger partial charge in [0, 0.05) is 17.1 Å². The second kappa shape index (κ2) is 11.0. The van der Waals surface area contributed by atoms with Crippen molar-refractivity contribution in [2.24, 2.45) is 0 Å². The van der Waals surface area contributed by atoms with Gasteiger partial charge in [0.25, 0.3) is 5.91 Å². The molecule has 0 aliphatic carbocycles. The lowest BCUT2D eigenvalue weighted by Crippen LogP contribution is -2.38. The van der Waals surface area contributed by atoms with Gasteiger partial charge in [0.05, 0.1) is 12.7 Å². The molecule has 0 bridgehead atoms. The van der Waals surface area contributed by atoms with Crippen molar-refractivity contribution in [1.82, 2.24) is 4.90 Å². The van der Waals surface area contributed by atoms with Crippen LogP contribution in [0, 0.1) is 5.82 Å². The second-order valence-electron chi connectivity index (χ2n) is 7.65. The molecule has 0 heterocycles. The van der Waals surface area contributed by atoms with E-state index in [0.717, 1.165) is 30.7 Å². The molecule has 1 amide bonds. The van der Waals surface area contributed by atoms with Gasteiger partial charge in [-0.25, -0.2) is 4.39 Å². The van der Waals surface area contributed by atoms with Gasteiger partial charge < -0.3 is 13.8 Å². The zero-order valence-electron chi connectivity index (χ0n) is 19.0. The summed E-state index contributed by atoms with van der Waals surface area (Å²) < 4.78 is 50.0. The third-order valence-corrected chi connectivity index (χ3v) is 7.31. The molecule has 0 N–H and O–H groups in total. The van der Waals surface area contributed by atoms with Crippen LogP contribution in [0.3, 0.4) is 0 Å². The van der Waals surface area contributed by atoms with Crippen LogP contribution in [0.2, 0.25) is 0 Å². The Balaban J connectivity index is 1.93. The van der Waals surface area contributed by atoms with E-state index in [9.17, 15) is 17.6 Å². The van der Waals surface area contributed by atoms with Crippen LogP contribution in [-0.4, -0.2) is 32.4 Å². The molecule has 0 saturated heterocycles. The van der Waals surface area contributed by atoms with Crippen molar-refractivity contribution < 1.29 is 26.5 Å². The van der Waals surface area contributed by atoms with Gasteiger partial charge in [-0.3, -0.25) is 4.79 Å². The minimum atomic E-state index is -4.23. The van der Waals surface area contributed by atoms with E-state index in [2.05, 4.69) is 15.9 Å². The molecule has 0 fully saturated rings. The lowest BCUT2D eigenvalue weighted by atomic mass is 10.1. The average Bonchev–Trinajstić information content (AvgIpc) is 2.82. The summed E-state index contributed by atoms with van der Waals surface area (Å²) in [6.45, 7) is 4.17. The van der Waals surface area contributed by atoms with Crippen molar-refractivity contribution in [3.8, 4) is 11.5 Å². The SMILES string of the molecule is CCC(C)N(Cc1ccc(OC)c(OS(=O)(=O)c2ccc(F)cc2)c1)C(=O)c1ccccc1Br. The number of rotatable bonds is 9. The molecule has 34 heavy (non-hydrogen) atoms. The fraction of sp³-hybridized carbons (Fsp3) is 0.240. The molecule has 0 aromatic heterocycles. The number of amides is 1. The standard InChI is InChI=1S/C25H25BrFNO5S/c1-4-17(2)28(25(29)21-7-5-6-8-22(21)26)16-18-9-14-23(32-3)24(15-18)33-34(30,31)20-12-10-19(27)11-13-20/h5-15,17H,4,16H2,1-3H3. The van der Waals surface area contributed by atoms with E-state index in [1.54, 1.807) is 29.2 Å².